The highest BCUT2D eigenvalue weighted by Crippen LogP contribution is 2.38. The van der Waals surface area contributed by atoms with Crippen molar-refractivity contribution in [1.29, 1.82) is 0 Å². The normalized spacial score (nSPS) is 17.2. The Morgan fingerprint density at radius 3 is 2.25 bits per heavy atom. The van der Waals surface area contributed by atoms with Crippen molar-refractivity contribution in [3.05, 3.63) is 66.0 Å². The number of methoxy groups -OCH3 is 1. The lowest BCUT2D eigenvalue weighted by Crippen LogP contribution is -2.48. The minimum atomic E-state index is -4.66. The van der Waals surface area contributed by atoms with Gasteiger partial charge in [0.05, 0.1) is 12.0 Å². The van der Waals surface area contributed by atoms with Crippen LogP contribution in [0, 0.1) is 0 Å². The molecule has 2 aromatic carbocycles. The number of benzene rings is 2. The van der Waals surface area contributed by atoms with Gasteiger partial charge in [0.15, 0.2) is 6.04 Å². The number of alkyl halides is 3. The predicted octanol–water partition coefficient (Wildman–Crippen LogP) is 2.66. The molecule has 2 aromatic rings. The van der Waals surface area contributed by atoms with Gasteiger partial charge in [-0.2, -0.15) is 13.2 Å². The van der Waals surface area contributed by atoms with Crippen LogP contribution in [-0.2, 0) is 10.0 Å². The lowest BCUT2D eigenvalue weighted by molar-refractivity contribution is -0.147. The van der Waals surface area contributed by atoms with Gasteiger partial charge in [-0.1, -0.05) is 30.3 Å². The number of ether oxygens (including phenoxy) is 1. The van der Waals surface area contributed by atoms with E-state index in [0.29, 0.717) is 12.3 Å². The summed E-state index contributed by atoms with van der Waals surface area (Å²) in [5, 5.41) is 1.21. The number of nitrogens with one attached hydrogen (secondary N) is 2. The van der Waals surface area contributed by atoms with Gasteiger partial charge in [-0.05, 0) is 43.9 Å². The van der Waals surface area contributed by atoms with Crippen molar-refractivity contribution >= 4 is 15.6 Å². The Bertz CT molecular complexity index is 1060. The standard InChI is InChI=1S/C21H25F3N4O3S/c1-27(2)13-14-28-20(26-32(29,30)17-7-5-4-6-8-17)18(19(25-28)21(22,23)24)15-9-11-16(31-3)12-10-15/h4-12,19,25-26H,13-14H2,1-3H3. The molecule has 2 N–H and O–H groups in total. The monoisotopic (exact) mass is 470 g/mol. The molecule has 1 aliphatic rings. The average molecular weight is 471 g/mol. The molecular formula is C21H25F3N4O3S. The lowest BCUT2D eigenvalue weighted by atomic mass is 9.99. The maximum Gasteiger partial charge on any atom is 0.409 e. The Hall–Kier alpha value is -2.76. The van der Waals surface area contributed by atoms with E-state index in [4.69, 9.17) is 4.74 Å². The van der Waals surface area contributed by atoms with Gasteiger partial charge >= 0.3 is 6.18 Å². The van der Waals surface area contributed by atoms with Crippen LogP contribution in [0.25, 0.3) is 5.57 Å². The average Bonchev–Trinajstić information content (AvgIpc) is 3.11. The zero-order valence-electron chi connectivity index (χ0n) is 17.8. The van der Waals surface area contributed by atoms with Gasteiger partial charge in [0.2, 0.25) is 0 Å². The summed E-state index contributed by atoms with van der Waals surface area (Å²) in [6.45, 7) is 0.510. The van der Waals surface area contributed by atoms with E-state index >= 15 is 0 Å². The van der Waals surface area contributed by atoms with Crippen molar-refractivity contribution in [1.82, 2.24) is 20.1 Å². The molecule has 0 bridgehead atoms. The third-order valence-electron chi connectivity index (χ3n) is 4.88. The van der Waals surface area contributed by atoms with Gasteiger partial charge in [-0.15, -0.1) is 0 Å². The minimum absolute atomic E-state index is 0.0513. The maximum absolute atomic E-state index is 14.0. The molecule has 0 spiro atoms. The summed E-state index contributed by atoms with van der Waals surface area (Å²) in [5.74, 6) is 0.308. The molecule has 0 saturated carbocycles. The van der Waals surface area contributed by atoms with Crippen molar-refractivity contribution in [2.24, 2.45) is 0 Å². The number of hydrogen-bond acceptors (Lipinski definition) is 6. The number of likely N-dealkylation sites (N-methyl/N-ethyl adjacent to an activating group) is 1. The predicted molar refractivity (Wildman–Crippen MR) is 115 cm³/mol. The van der Waals surface area contributed by atoms with Gasteiger partial charge in [-0.3, -0.25) is 9.73 Å². The fourth-order valence-corrected chi connectivity index (χ4v) is 4.36. The molecule has 0 fully saturated rings. The first-order valence-electron chi connectivity index (χ1n) is 9.74. The van der Waals surface area contributed by atoms with E-state index in [-0.39, 0.29) is 28.4 Å². The highest BCUT2D eigenvalue weighted by atomic mass is 32.2. The molecule has 1 heterocycles. The molecule has 1 atom stereocenters. The summed E-state index contributed by atoms with van der Waals surface area (Å²) in [6, 6.07) is 11.4. The quantitative estimate of drug-likeness (QED) is 0.618. The van der Waals surface area contributed by atoms with E-state index in [2.05, 4.69) is 10.1 Å². The molecule has 11 heteroatoms. The van der Waals surface area contributed by atoms with Crippen LogP contribution in [-0.4, -0.2) is 64.8 Å². The third-order valence-corrected chi connectivity index (χ3v) is 6.24. The molecule has 0 saturated heterocycles. The zero-order valence-corrected chi connectivity index (χ0v) is 18.7. The fraction of sp³-hybridized carbons (Fsp3) is 0.333. The van der Waals surface area contributed by atoms with Gasteiger partial charge in [-0.25, -0.2) is 13.8 Å². The molecule has 1 aliphatic heterocycles. The highest BCUT2D eigenvalue weighted by Gasteiger charge is 2.49. The first kappa shape index (κ1) is 23.9. The zero-order chi connectivity index (χ0) is 23.5. The summed E-state index contributed by atoms with van der Waals surface area (Å²) in [7, 11) is 0.872. The Morgan fingerprint density at radius 1 is 1.09 bits per heavy atom. The molecule has 0 aliphatic carbocycles. The van der Waals surface area contributed by atoms with Gasteiger partial charge in [0.1, 0.15) is 11.6 Å². The van der Waals surface area contributed by atoms with Crippen molar-refractivity contribution in [3.63, 3.8) is 0 Å². The number of halogens is 3. The summed E-state index contributed by atoms with van der Waals surface area (Å²) in [5.41, 5.74) is 2.45. The molecule has 174 valence electrons. The number of hydrazine groups is 1. The van der Waals surface area contributed by atoms with Crippen LogP contribution in [0.4, 0.5) is 13.2 Å². The first-order valence-corrected chi connectivity index (χ1v) is 11.2. The lowest BCUT2D eigenvalue weighted by Gasteiger charge is -2.26. The van der Waals surface area contributed by atoms with Crippen LogP contribution in [0.2, 0.25) is 0 Å². The van der Waals surface area contributed by atoms with Crippen LogP contribution < -0.4 is 14.9 Å². The minimum Gasteiger partial charge on any atom is -0.497 e. The van der Waals surface area contributed by atoms with E-state index in [9.17, 15) is 21.6 Å². The van der Waals surface area contributed by atoms with Crippen molar-refractivity contribution < 1.29 is 26.3 Å². The van der Waals surface area contributed by atoms with E-state index in [1.165, 1.54) is 48.5 Å². The largest absolute Gasteiger partial charge is 0.497 e. The Balaban J connectivity index is 2.14. The highest BCUT2D eigenvalue weighted by molar-refractivity contribution is 7.89. The number of nitrogens with zero attached hydrogens (tertiary/aromatic N) is 2. The Labute approximate surface area is 185 Å². The second-order valence-electron chi connectivity index (χ2n) is 7.47. The van der Waals surface area contributed by atoms with Crippen molar-refractivity contribution in [2.75, 3.05) is 34.3 Å². The van der Waals surface area contributed by atoms with Gasteiger partial charge in [0.25, 0.3) is 10.0 Å². The van der Waals surface area contributed by atoms with Crippen LogP contribution in [0.15, 0.2) is 65.3 Å². The molecule has 0 amide bonds. The van der Waals surface area contributed by atoms with E-state index in [1.54, 1.807) is 37.2 Å². The molecule has 32 heavy (non-hydrogen) atoms. The summed E-state index contributed by atoms with van der Waals surface area (Å²) < 4.78 is 75.5. The second kappa shape index (κ2) is 9.39. The summed E-state index contributed by atoms with van der Waals surface area (Å²) in [6.07, 6.45) is -4.66. The van der Waals surface area contributed by atoms with Crippen molar-refractivity contribution in [3.8, 4) is 5.75 Å². The molecular weight excluding hydrogens is 445 g/mol. The Kier molecular flexibility index (Phi) is 7.01. The van der Waals surface area contributed by atoms with Gasteiger partial charge in [0, 0.05) is 18.7 Å². The smallest absolute Gasteiger partial charge is 0.409 e. The van der Waals surface area contributed by atoms with Gasteiger partial charge < -0.3 is 9.64 Å². The van der Waals surface area contributed by atoms with Crippen LogP contribution in [0.3, 0.4) is 0 Å². The van der Waals surface area contributed by atoms with E-state index in [0.717, 1.165) is 0 Å². The maximum atomic E-state index is 14.0. The number of hydrogen-bond donors (Lipinski definition) is 2. The fourth-order valence-electron chi connectivity index (χ4n) is 3.25. The second-order valence-corrected chi connectivity index (χ2v) is 9.15. The molecule has 1 unspecified atom stereocenters. The van der Waals surface area contributed by atoms with E-state index in [1.807, 2.05) is 0 Å². The van der Waals surface area contributed by atoms with Crippen LogP contribution in [0.1, 0.15) is 5.56 Å². The molecule has 7 nitrogen and oxygen atoms in total. The van der Waals surface area contributed by atoms with Crippen LogP contribution >= 0.6 is 0 Å². The summed E-state index contributed by atoms with van der Waals surface area (Å²) in [4.78, 5) is 1.74. The SMILES string of the molecule is COc1ccc(C2=C(NS(=O)(=O)c3ccccc3)N(CCN(C)C)NC2C(F)(F)F)cc1. The van der Waals surface area contributed by atoms with E-state index < -0.39 is 22.2 Å². The topological polar surface area (TPSA) is 73.9 Å². The molecule has 0 aromatic heterocycles. The van der Waals surface area contributed by atoms with Crippen LogP contribution in [0.5, 0.6) is 5.75 Å². The molecule has 0 radical (unpaired) electrons. The number of rotatable bonds is 8. The third kappa shape index (κ3) is 5.34. The molecule has 3 rings (SSSR count). The Morgan fingerprint density at radius 2 is 1.72 bits per heavy atom. The first-order chi connectivity index (χ1) is 15.0. The van der Waals surface area contributed by atoms with Crippen molar-refractivity contribution in [2.45, 2.75) is 17.1 Å². The number of sulfonamides is 1. The summed E-state index contributed by atoms with van der Waals surface area (Å²) >= 11 is 0.